The summed E-state index contributed by atoms with van der Waals surface area (Å²) in [5.74, 6) is -0.315. The number of methoxy groups -OCH3 is 1. The molecule has 2 N–H and O–H groups in total. The number of ether oxygens (including phenoxy) is 1. The second-order valence-electron chi connectivity index (χ2n) is 5.81. The minimum atomic E-state index is -0.423. The monoisotopic (exact) mass is 362 g/mol. The summed E-state index contributed by atoms with van der Waals surface area (Å²) in [6.45, 7) is 1.95. The van der Waals surface area contributed by atoms with Crippen molar-refractivity contribution in [2.45, 2.75) is 6.92 Å². The summed E-state index contributed by atoms with van der Waals surface area (Å²) in [6, 6.07) is 14.3. The topological polar surface area (TPSA) is 93.2 Å². The zero-order valence-electron chi connectivity index (χ0n) is 14.9. The van der Waals surface area contributed by atoms with E-state index < -0.39 is 5.97 Å². The van der Waals surface area contributed by atoms with Crippen LogP contribution in [-0.4, -0.2) is 29.0 Å². The van der Waals surface area contributed by atoms with E-state index >= 15 is 0 Å². The fraction of sp³-hybridized carbons (Fsp3) is 0.100. The predicted molar refractivity (Wildman–Crippen MR) is 102 cm³/mol. The number of esters is 1. The van der Waals surface area contributed by atoms with Crippen molar-refractivity contribution in [1.82, 2.24) is 9.97 Å². The van der Waals surface area contributed by atoms with Crippen LogP contribution in [0.4, 0.5) is 17.2 Å². The molecule has 0 bridgehead atoms. The summed E-state index contributed by atoms with van der Waals surface area (Å²) < 4.78 is 4.70. The van der Waals surface area contributed by atoms with Crippen LogP contribution in [-0.2, 0) is 4.74 Å². The lowest BCUT2D eigenvalue weighted by Crippen LogP contribution is -2.14. The van der Waals surface area contributed by atoms with E-state index in [-0.39, 0.29) is 11.6 Å². The predicted octanol–water partition coefficient (Wildman–Crippen LogP) is 3.57. The summed E-state index contributed by atoms with van der Waals surface area (Å²) in [7, 11) is 1.33. The minimum Gasteiger partial charge on any atom is -0.465 e. The van der Waals surface area contributed by atoms with E-state index in [0.717, 1.165) is 5.56 Å². The van der Waals surface area contributed by atoms with E-state index in [1.165, 1.54) is 19.5 Å². The minimum absolute atomic E-state index is 0.199. The standard InChI is InChI=1S/C20H18N4O3/c1-13-5-3-7-15(9-13)24-19(25)17-11-22-18(12-21-17)23-16-8-4-6-14(10-16)20(26)27-2/h3-12H,1-2H3,(H,22,23)(H,24,25). The molecule has 27 heavy (non-hydrogen) atoms. The number of anilines is 3. The van der Waals surface area contributed by atoms with Crippen LogP contribution >= 0.6 is 0 Å². The van der Waals surface area contributed by atoms with Crippen LogP contribution in [0.25, 0.3) is 0 Å². The Morgan fingerprint density at radius 1 is 0.963 bits per heavy atom. The Kier molecular flexibility index (Phi) is 5.41. The summed E-state index contributed by atoms with van der Waals surface area (Å²) in [4.78, 5) is 32.2. The maximum atomic E-state index is 12.3. The third-order valence-electron chi connectivity index (χ3n) is 3.72. The van der Waals surface area contributed by atoms with Crippen LogP contribution in [0, 0.1) is 6.92 Å². The molecule has 7 nitrogen and oxygen atoms in total. The Hall–Kier alpha value is -3.74. The van der Waals surface area contributed by atoms with Crippen LogP contribution in [0.1, 0.15) is 26.4 Å². The first kappa shape index (κ1) is 18.1. The van der Waals surface area contributed by atoms with Crippen molar-refractivity contribution < 1.29 is 14.3 Å². The highest BCUT2D eigenvalue weighted by atomic mass is 16.5. The number of hydrogen-bond acceptors (Lipinski definition) is 6. The van der Waals surface area contributed by atoms with Crippen molar-refractivity contribution in [2.75, 3.05) is 17.7 Å². The van der Waals surface area contributed by atoms with Gasteiger partial charge in [0.15, 0.2) is 0 Å². The number of nitrogens with zero attached hydrogens (tertiary/aromatic N) is 2. The van der Waals surface area contributed by atoms with Crippen molar-refractivity contribution in [2.24, 2.45) is 0 Å². The normalized spacial score (nSPS) is 10.1. The highest BCUT2D eigenvalue weighted by Crippen LogP contribution is 2.16. The van der Waals surface area contributed by atoms with Gasteiger partial charge in [0.25, 0.3) is 5.91 Å². The van der Waals surface area contributed by atoms with E-state index in [1.54, 1.807) is 24.3 Å². The van der Waals surface area contributed by atoms with Gasteiger partial charge in [-0.3, -0.25) is 4.79 Å². The van der Waals surface area contributed by atoms with Gasteiger partial charge in [0.1, 0.15) is 11.5 Å². The van der Waals surface area contributed by atoms with Gasteiger partial charge in [-0.2, -0.15) is 0 Å². The first-order chi connectivity index (χ1) is 13.0. The molecule has 0 atom stereocenters. The van der Waals surface area contributed by atoms with Gasteiger partial charge >= 0.3 is 5.97 Å². The molecule has 0 aliphatic heterocycles. The lowest BCUT2D eigenvalue weighted by molar-refractivity contribution is 0.0600. The maximum Gasteiger partial charge on any atom is 0.337 e. The van der Waals surface area contributed by atoms with Crippen LogP contribution in [0.3, 0.4) is 0 Å². The maximum absolute atomic E-state index is 12.3. The van der Waals surface area contributed by atoms with E-state index in [9.17, 15) is 9.59 Å². The molecule has 0 radical (unpaired) electrons. The molecule has 0 fully saturated rings. The molecule has 0 aliphatic carbocycles. The molecule has 0 saturated heterocycles. The van der Waals surface area contributed by atoms with Gasteiger partial charge in [-0.05, 0) is 42.8 Å². The number of nitrogens with one attached hydrogen (secondary N) is 2. The Morgan fingerprint density at radius 2 is 1.74 bits per heavy atom. The molecule has 3 rings (SSSR count). The van der Waals surface area contributed by atoms with Crippen LogP contribution in [0.5, 0.6) is 0 Å². The molecule has 0 saturated carbocycles. The van der Waals surface area contributed by atoms with Gasteiger partial charge < -0.3 is 15.4 Å². The molecule has 136 valence electrons. The summed E-state index contributed by atoms with van der Waals surface area (Å²) in [5.41, 5.74) is 3.02. The molecule has 7 heteroatoms. The van der Waals surface area contributed by atoms with Gasteiger partial charge in [-0.15, -0.1) is 0 Å². The Bertz CT molecular complexity index is 971. The highest BCUT2D eigenvalue weighted by molar-refractivity contribution is 6.02. The molecule has 0 aliphatic rings. The average Bonchev–Trinajstić information content (AvgIpc) is 2.68. The molecule has 1 aromatic heterocycles. The molecule has 1 heterocycles. The first-order valence-corrected chi connectivity index (χ1v) is 8.20. The quantitative estimate of drug-likeness (QED) is 0.674. The molecule has 3 aromatic rings. The number of hydrogen-bond donors (Lipinski definition) is 2. The number of benzene rings is 2. The molecule has 1 amide bonds. The lowest BCUT2D eigenvalue weighted by atomic mass is 10.2. The van der Waals surface area contributed by atoms with Gasteiger partial charge in [-0.1, -0.05) is 18.2 Å². The molecular formula is C20H18N4O3. The number of aromatic nitrogens is 2. The third-order valence-corrected chi connectivity index (χ3v) is 3.72. The largest absolute Gasteiger partial charge is 0.465 e. The van der Waals surface area contributed by atoms with Crippen molar-refractivity contribution in [3.8, 4) is 0 Å². The summed E-state index contributed by atoms with van der Waals surface area (Å²) in [5, 5.41) is 5.81. The van der Waals surface area contributed by atoms with Crippen LogP contribution < -0.4 is 10.6 Å². The van der Waals surface area contributed by atoms with E-state index in [2.05, 4.69) is 20.6 Å². The van der Waals surface area contributed by atoms with E-state index in [0.29, 0.717) is 22.8 Å². The highest BCUT2D eigenvalue weighted by Gasteiger charge is 2.10. The molecule has 2 aromatic carbocycles. The number of amides is 1. The Balaban J connectivity index is 1.68. The molecule has 0 unspecified atom stereocenters. The fourth-order valence-electron chi connectivity index (χ4n) is 2.42. The van der Waals surface area contributed by atoms with Gasteiger partial charge in [0.2, 0.25) is 0 Å². The number of carbonyl (C=O) groups excluding carboxylic acids is 2. The second kappa shape index (κ2) is 8.09. The summed E-state index contributed by atoms with van der Waals surface area (Å²) >= 11 is 0. The third kappa shape index (κ3) is 4.66. The second-order valence-corrected chi connectivity index (χ2v) is 5.81. The van der Waals surface area contributed by atoms with Crippen molar-refractivity contribution >= 4 is 29.1 Å². The van der Waals surface area contributed by atoms with Crippen LogP contribution in [0.2, 0.25) is 0 Å². The zero-order valence-corrected chi connectivity index (χ0v) is 14.9. The smallest absolute Gasteiger partial charge is 0.337 e. The molecule has 0 spiro atoms. The number of rotatable bonds is 5. The SMILES string of the molecule is COC(=O)c1cccc(Nc2cnc(C(=O)Nc3cccc(C)c3)cn2)c1. The van der Waals surface area contributed by atoms with Crippen molar-refractivity contribution in [3.05, 3.63) is 77.7 Å². The zero-order chi connectivity index (χ0) is 19.2. The van der Waals surface area contributed by atoms with Gasteiger partial charge in [-0.25, -0.2) is 14.8 Å². The van der Waals surface area contributed by atoms with E-state index in [4.69, 9.17) is 4.74 Å². The average molecular weight is 362 g/mol. The van der Waals surface area contributed by atoms with Gasteiger partial charge in [0.05, 0.1) is 25.1 Å². The number of aryl methyl sites for hydroxylation is 1. The Labute approximate surface area is 156 Å². The first-order valence-electron chi connectivity index (χ1n) is 8.20. The van der Waals surface area contributed by atoms with Crippen molar-refractivity contribution in [1.29, 1.82) is 0 Å². The lowest BCUT2D eigenvalue weighted by Gasteiger charge is -2.08. The number of carbonyl (C=O) groups is 2. The fourth-order valence-corrected chi connectivity index (χ4v) is 2.42. The van der Waals surface area contributed by atoms with E-state index in [1.807, 2.05) is 31.2 Å². The van der Waals surface area contributed by atoms with Crippen molar-refractivity contribution in [3.63, 3.8) is 0 Å². The van der Waals surface area contributed by atoms with Gasteiger partial charge in [0, 0.05) is 11.4 Å². The van der Waals surface area contributed by atoms with Crippen LogP contribution in [0.15, 0.2) is 60.9 Å². The summed E-state index contributed by atoms with van der Waals surface area (Å²) in [6.07, 6.45) is 2.84. The Morgan fingerprint density at radius 3 is 2.44 bits per heavy atom. The molecular weight excluding hydrogens is 344 g/mol.